The first-order valence-electron chi connectivity index (χ1n) is 4.87. The van der Waals surface area contributed by atoms with E-state index in [2.05, 4.69) is 17.2 Å². The van der Waals surface area contributed by atoms with E-state index in [-0.39, 0.29) is 28.6 Å². The molecule has 2 N–H and O–H groups in total. The maximum atomic E-state index is 13.5. The number of halogens is 2. The Bertz CT molecular complexity index is 560. The summed E-state index contributed by atoms with van der Waals surface area (Å²) in [7, 11) is 0. The monoisotopic (exact) mass is 269 g/mol. The van der Waals surface area contributed by atoms with Gasteiger partial charge in [0.25, 0.3) is 0 Å². The SMILES string of the molecule is CC(=O)NCC#Cc1cc(Cl)c(C(=O)O)cc1F. The molecule has 1 aromatic rings. The minimum Gasteiger partial charge on any atom is -0.478 e. The fourth-order valence-electron chi connectivity index (χ4n) is 1.11. The van der Waals surface area contributed by atoms with Crippen molar-refractivity contribution in [3.63, 3.8) is 0 Å². The fraction of sp³-hybridized carbons (Fsp3) is 0.167. The van der Waals surface area contributed by atoms with E-state index >= 15 is 0 Å². The van der Waals surface area contributed by atoms with Crippen molar-refractivity contribution in [1.29, 1.82) is 0 Å². The summed E-state index contributed by atoms with van der Waals surface area (Å²) in [5.41, 5.74) is -0.336. The van der Waals surface area contributed by atoms with E-state index in [1.165, 1.54) is 6.92 Å². The molecule has 0 heterocycles. The van der Waals surface area contributed by atoms with E-state index in [9.17, 15) is 14.0 Å². The van der Waals surface area contributed by atoms with Gasteiger partial charge in [0.15, 0.2) is 0 Å². The van der Waals surface area contributed by atoms with Crippen molar-refractivity contribution >= 4 is 23.5 Å². The second-order valence-electron chi connectivity index (χ2n) is 3.33. The molecular formula is C12H9ClFNO3. The highest BCUT2D eigenvalue weighted by atomic mass is 35.5. The normalized spacial score (nSPS) is 9.28. The summed E-state index contributed by atoms with van der Waals surface area (Å²) in [6.07, 6.45) is 0. The van der Waals surface area contributed by atoms with Crippen LogP contribution in [0, 0.1) is 17.7 Å². The predicted molar refractivity (Wildman–Crippen MR) is 63.9 cm³/mol. The topological polar surface area (TPSA) is 66.4 Å². The molecule has 18 heavy (non-hydrogen) atoms. The summed E-state index contributed by atoms with van der Waals surface area (Å²) in [4.78, 5) is 21.2. The fourth-order valence-corrected chi connectivity index (χ4v) is 1.36. The van der Waals surface area contributed by atoms with Crippen LogP contribution in [0.25, 0.3) is 0 Å². The van der Waals surface area contributed by atoms with E-state index in [1.54, 1.807) is 0 Å². The molecule has 0 unspecified atom stereocenters. The third kappa shape index (κ3) is 3.75. The summed E-state index contributed by atoms with van der Waals surface area (Å²) >= 11 is 5.67. The summed E-state index contributed by atoms with van der Waals surface area (Å²) in [6, 6.07) is 1.95. The number of carboxylic acids is 1. The molecule has 0 fully saturated rings. The number of carbonyl (C=O) groups excluding carboxylic acids is 1. The molecule has 1 amide bonds. The lowest BCUT2D eigenvalue weighted by molar-refractivity contribution is -0.118. The average molecular weight is 270 g/mol. The molecule has 0 bridgehead atoms. The van der Waals surface area contributed by atoms with Crippen LogP contribution in [0.3, 0.4) is 0 Å². The molecule has 4 nitrogen and oxygen atoms in total. The van der Waals surface area contributed by atoms with Crippen LogP contribution in [0.1, 0.15) is 22.8 Å². The number of carboxylic acid groups (broad SMARTS) is 1. The molecule has 0 saturated carbocycles. The van der Waals surface area contributed by atoms with E-state index < -0.39 is 11.8 Å². The zero-order chi connectivity index (χ0) is 13.7. The standard InChI is InChI=1S/C12H9ClFNO3/c1-7(16)15-4-2-3-8-5-10(13)9(12(17)18)6-11(8)14/h5-6H,4H2,1H3,(H,15,16)(H,17,18). The zero-order valence-corrected chi connectivity index (χ0v) is 10.1. The summed E-state index contributed by atoms with van der Waals surface area (Å²) in [5.74, 6) is 2.65. The lowest BCUT2D eigenvalue weighted by Gasteiger charge is -2.01. The Morgan fingerprint density at radius 2 is 2.17 bits per heavy atom. The first kappa shape index (κ1) is 14.0. The van der Waals surface area contributed by atoms with Crippen LogP contribution in [0.15, 0.2) is 12.1 Å². The lowest BCUT2D eigenvalue weighted by atomic mass is 10.1. The largest absolute Gasteiger partial charge is 0.478 e. The molecule has 94 valence electrons. The van der Waals surface area contributed by atoms with Gasteiger partial charge in [-0.05, 0) is 12.1 Å². The number of rotatable bonds is 2. The van der Waals surface area contributed by atoms with Gasteiger partial charge in [-0.3, -0.25) is 4.79 Å². The summed E-state index contributed by atoms with van der Waals surface area (Å²) < 4.78 is 13.5. The second kappa shape index (κ2) is 6.03. The van der Waals surface area contributed by atoms with Gasteiger partial charge in [-0.25, -0.2) is 9.18 Å². The Hall–Kier alpha value is -2.06. The van der Waals surface area contributed by atoms with Gasteiger partial charge >= 0.3 is 5.97 Å². The second-order valence-corrected chi connectivity index (χ2v) is 3.74. The highest BCUT2D eigenvalue weighted by Gasteiger charge is 2.12. The number of benzene rings is 1. The Balaban J connectivity index is 2.94. The lowest BCUT2D eigenvalue weighted by Crippen LogP contribution is -2.19. The van der Waals surface area contributed by atoms with Gasteiger partial charge in [0.05, 0.1) is 22.7 Å². The summed E-state index contributed by atoms with van der Waals surface area (Å²) in [6.45, 7) is 1.41. The first-order chi connectivity index (χ1) is 8.41. The van der Waals surface area contributed by atoms with Gasteiger partial charge < -0.3 is 10.4 Å². The number of aromatic carboxylic acids is 1. The predicted octanol–water partition coefficient (Wildman–Crippen LogP) is 1.66. The number of hydrogen-bond acceptors (Lipinski definition) is 2. The van der Waals surface area contributed by atoms with Crippen LogP contribution in [-0.2, 0) is 4.79 Å². The highest BCUT2D eigenvalue weighted by molar-refractivity contribution is 6.33. The van der Waals surface area contributed by atoms with Crippen LogP contribution in [0.2, 0.25) is 5.02 Å². The van der Waals surface area contributed by atoms with Gasteiger partial charge in [0.1, 0.15) is 5.82 Å². The van der Waals surface area contributed by atoms with Gasteiger partial charge in [-0.15, -0.1) is 0 Å². The van der Waals surface area contributed by atoms with Crippen molar-refractivity contribution < 1.29 is 19.1 Å². The zero-order valence-electron chi connectivity index (χ0n) is 9.38. The Morgan fingerprint density at radius 3 is 2.72 bits per heavy atom. The quantitative estimate of drug-likeness (QED) is 0.803. The van der Waals surface area contributed by atoms with Gasteiger partial charge in [0.2, 0.25) is 5.91 Å². The minimum absolute atomic E-state index is 0.0182. The number of amides is 1. The molecule has 1 aromatic carbocycles. The van der Waals surface area contributed by atoms with Crippen molar-refractivity contribution in [2.75, 3.05) is 6.54 Å². The van der Waals surface area contributed by atoms with Crippen molar-refractivity contribution in [2.24, 2.45) is 0 Å². The van der Waals surface area contributed by atoms with Crippen molar-refractivity contribution in [3.8, 4) is 11.8 Å². The van der Waals surface area contributed by atoms with Crippen LogP contribution < -0.4 is 5.32 Å². The number of nitrogens with one attached hydrogen (secondary N) is 1. The summed E-state index contributed by atoms with van der Waals surface area (Å²) in [5, 5.41) is 11.0. The molecule has 1 rings (SSSR count). The Kier molecular flexibility index (Phi) is 4.69. The van der Waals surface area contributed by atoms with Crippen LogP contribution in [0.4, 0.5) is 4.39 Å². The van der Waals surface area contributed by atoms with Gasteiger partial charge in [0, 0.05) is 6.92 Å². The first-order valence-corrected chi connectivity index (χ1v) is 5.25. The van der Waals surface area contributed by atoms with E-state index in [0.29, 0.717) is 0 Å². The Morgan fingerprint density at radius 1 is 1.50 bits per heavy atom. The number of carbonyl (C=O) groups is 2. The molecule has 0 aliphatic carbocycles. The van der Waals surface area contributed by atoms with Crippen LogP contribution in [0.5, 0.6) is 0 Å². The average Bonchev–Trinajstić information content (AvgIpc) is 2.27. The number of hydrogen-bond donors (Lipinski definition) is 2. The van der Waals surface area contributed by atoms with Crippen LogP contribution >= 0.6 is 11.6 Å². The van der Waals surface area contributed by atoms with E-state index in [1.807, 2.05) is 0 Å². The van der Waals surface area contributed by atoms with Gasteiger partial charge in [-0.1, -0.05) is 23.4 Å². The van der Waals surface area contributed by atoms with Crippen LogP contribution in [-0.4, -0.2) is 23.5 Å². The molecule has 0 atom stereocenters. The molecule has 0 spiro atoms. The molecular weight excluding hydrogens is 261 g/mol. The third-order valence-electron chi connectivity index (χ3n) is 1.94. The van der Waals surface area contributed by atoms with Crippen molar-refractivity contribution in [1.82, 2.24) is 5.32 Å². The molecule has 0 aliphatic heterocycles. The maximum absolute atomic E-state index is 13.5. The molecule has 0 radical (unpaired) electrons. The molecule has 0 aliphatic rings. The molecule has 0 saturated heterocycles. The van der Waals surface area contributed by atoms with E-state index in [0.717, 1.165) is 12.1 Å². The van der Waals surface area contributed by atoms with Crippen molar-refractivity contribution in [2.45, 2.75) is 6.92 Å². The third-order valence-corrected chi connectivity index (χ3v) is 2.25. The Labute approximate surface area is 108 Å². The highest BCUT2D eigenvalue weighted by Crippen LogP contribution is 2.20. The van der Waals surface area contributed by atoms with Crippen molar-refractivity contribution in [3.05, 3.63) is 34.1 Å². The maximum Gasteiger partial charge on any atom is 0.337 e. The molecule has 0 aromatic heterocycles. The van der Waals surface area contributed by atoms with Gasteiger partial charge in [-0.2, -0.15) is 0 Å². The molecule has 6 heteroatoms. The minimum atomic E-state index is -1.31. The smallest absolute Gasteiger partial charge is 0.337 e. The van der Waals surface area contributed by atoms with E-state index in [4.69, 9.17) is 16.7 Å².